The fourth-order valence-electron chi connectivity index (χ4n) is 2.52. The smallest absolute Gasteiger partial charge is 0.238 e. The molecule has 27 heavy (non-hydrogen) atoms. The average molecular weight is 373 g/mol. The zero-order valence-electron chi connectivity index (χ0n) is 15.7. The Balaban J connectivity index is 1.79. The van der Waals surface area contributed by atoms with Crippen molar-refractivity contribution in [2.75, 3.05) is 39.6 Å². The number of carbonyl (C=O) groups is 2. The molecule has 0 atom stereocenters. The van der Waals surface area contributed by atoms with Crippen LogP contribution in [0.5, 0.6) is 5.75 Å². The normalized spacial score (nSPS) is 10.6. The Kier molecular flexibility index (Phi) is 7.31. The zero-order chi connectivity index (χ0) is 19.8. The van der Waals surface area contributed by atoms with Crippen molar-refractivity contribution in [3.05, 3.63) is 59.9 Å². The highest BCUT2D eigenvalue weighted by atomic mass is 19.1. The molecular formula is C20H24FN3O3. The van der Waals surface area contributed by atoms with Crippen LogP contribution in [0.3, 0.4) is 0 Å². The Morgan fingerprint density at radius 2 is 1.78 bits per heavy atom. The van der Waals surface area contributed by atoms with E-state index in [-0.39, 0.29) is 30.7 Å². The molecule has 0 aliphatic rings. The van der Waals surface area contributed by atoms with Crippen LogP contribution in [0.15, 0.2) is 48.5 Å². The number of carbonyl (C=O) groups excluding carboxylic acids is 2. The van der Waals surface area contributed by atoms with Crippen LogP contribution in [0.1, 0.15) is 5.56 Å². The minimum absolute atomic E-state index is 0.0750. The Bertz CT molecular complexity index is 780. The van der Waals surface area contributed by atoms with Crippen molar-refractivity contribution >= 4 is 17.5 Å². The van der Waals surface area contributed by atoms with E-state index in [1.165, 1.54) is 17.0 Å². The van der Waals surface area contributed by atoms with Crippen molar-refractivity contribution in [3.8, 4) is 5.75 Å². The van der Waals surface area contributed by atoms with Crippen molar-refractivity contribution in [1.29, 1.82) is 0 Å². The number of halogens is 1. The van der Waals surface area contributed by atoms with Crippen LogP contribution in [0, 0.1) is 5.82 Å². The zero-order valence-corrected chi connectivity index (χ0v) is 15.7. The fourth-order valence-corrected chi connectivity index (χ4v) is 2.52. The molecule has 144 valence electrons. The average Bonchev–Trinajstić information content (AvgIpc) is 2.62. The molecule has 0 unspecified atom stereocenters. The number of amides is 2. The Labute approximate surface area is 158 Å². The number of ether oxygens (including phenoxy) is 1. The van der Waals surface area contributed by atoms with E-state index in [1.807, 2.05) is 0 Å². The summed E-state index contributed by atoms with van der Waals surface area (Å²) in [5.41, 5.74) is 1.37. The molecule has 0 saturated heterocycles. The molecule has 0 spiro atoms. The Hall–Kier alpha value is -2.93. The molecule has 2 aromatic carbocycles. The molecule has 0 bridgehead atoms. The maximum atomic E-state index is 13.2. The second-order valence-electron chi connectivity index (χ2n) is 6.33. The topological polar surface area (TPSA) is 61.9 Å². The van der Waals surface area contributed by atoms with Gasteiger partial charge < -0.3 is 15.0 Å². The maximum Gasteiger partial charge on any atom is 0.238 e. The minimum atomic E-state index is -0.333. The van der Waals surface area contributed by atoms with Crippen molar-refractivity contribution in [2.45, 2.75) is 6.54 Å². The van der Waals surface area contributed by atoms with Gasteiger partial charge in [-0.05, 0) is 49.0 Å². The van der Waals surface area contributed by atoms with Crippen LogP contribution >= 0.6 is 0 Å². The summed E-state index contributed by atoms with van der Waals surface area (Å²) in [6.07, 6.45) is 0. The van der Waals surface area contributed by atoms with Gasteiger partial charge in [0.2, 0.25) is 11.8 Å². The molecule has 2 amide bonds. The van der Waals surface area contributed by atoms with Crippen LogP contribution in [0.4, 0.5) is 10.1 Å². The van der Waals surface area contributed by atoms with Gasteiger partial charge in [-0.15, -0.1) is 0 Å². The third-order valence-electron chi connectivity index (χ3n) is 3.93. The first-order chi connectivity index (χ1) is 12.9. The maximum absolute atomic E-state index is 13.2. The molecule has 6 nitrogen and oxygen atoms in total. The third-order valence-corrected chi connectivity index (χ3v) is 3.93. The molecule has 0 saturated carbocycles. The Morgan fingerprint density at radius 3 is 2.41 bits per heavy atom. The molecule has 2 rings (SSSR count). The van der Waals surface area contributed by atoms with E-state index in [4.69, 9.17) is 4.74 Å². The number of methoxy groups -OCH3 is 1. The second kappa shape index (κ2) is 9.68. The van der Waals surface area contributed by atoms with Gasteiger partial charge in [-0.2, -0.15) is 0 Å². The summed E-state index contributed by atoms with van der Waals surface area (Å²) < 4.78 is 18.3. The number of hydrogen-bond donors (Lipinski definition) is 1. The molecule has 0 aliphatic carbocycles. The fraction of sp³-hybridized carbons (Fsp3) is 0.300. The molecule has 0 aromatic heterocycles. The lowest BCUT2D eigenvalue weighted by molar-refractivity contribution is -0.131. The van der Waals surface area contributed by atoms with Crippen LogP contribution in [-0.4, -0.2) is 55.9 Å². The number of benzene rings is 2. The molecule has 2 aromatic rings. The lowest BCUT2D eigenvalue weighted by Crippen LogP contribution is -2.39. The monoisotopic (exact) mass is 373 g/mol. The number of rotatable bonds is 8. The molecular weight excluding hydrogens is 349 g/mol. The number of nitrogens with zero attached hydrogens (tertiary/aromatic N) is 2. The first-order valence-corrected chi connectivity index (χ1v) is 8.48. The highest BCUT2D eigenvalue weighted by Gasteiger charge is 2.15. The second-order valence-corrected chi connectivity index (χ2v) is 6.33. The Morgan fingerprint density at radius 1 is 1.07 bits per heavy atom. The largest absolute Gasteiger partial charge is 0.497 e. The van der Waals surface area contributed by atoms with Crippen molar-refractivity contribution in [1.82, 2.24) is 9.80 Å². The molecule has 0 heterocycles. The summed E-state index contributed by atoms with van der Waals surface area (Å²) in [7, 11) is 4.92. The number of anilines is 1. The summed E-state index contributed by atoms with van der Waals surface area (Å²) >= 11 is 0. The van der Waals surface area contributed by atoms with Gasteiger partial charge in [0, 0.05) is 19.3 Å². The van der Waals surface area contributed by atoms with E-state index in [0.717, 1.165) is 0 Å². The molecule has 7 heteroatoms. The summed E-state index contributed by atoms with van der Waals surface area (Å²) in [6, 6.07) is 13.1. The van der Waals surface area contributed by atoms with Crippen LogP contribution in [0.2, 0.25) is 0 Å². The molecule has 0 aliphatic heterocycles. The van der Waals surface area contributed by atoms with Gasteiger partial charge in [0.05, 0.1) is 20.2 Å². The molecule has 1 N–H and O–H groups in total. The third kappa shape index (κ3) is 6.71. The van der Waals surface area contributed by atoms with Crippen molar-refractivity contribution in [3.63, 3.8) is 0 Å². The van der Waals surface area contributed by atoms with Crippen molar-refractivity contribution < 1.29 is 18.7 Å². The van der Waals surface area contributed by atoms with E-state index in [2.05, 4.69) is 5.32 Å². The van der Waals surface area contributed by atoms with E-state index >= 15 is 0 Å². The number of hydrogen-bond acceptors (Lipinski definition) is 4. The van der Waals surface area contributed by atoms with Crippen molar-refractivity contribution in [2.24, 2.45) is 0 Å². The van der Waals surface area contributed by atoms with E-state index in [1.54, 1.807) is 62.5 Å². The van der Waals surface area contributed by atoms with Gasteiger partial charge in [-0.25, -0.2) is 4.39 Å². The van der Waals surface area contributed by atoms with Crippen LogP contribution in [0.25, 0.3) is 0 Å². The van der Waals surface area contributed by atoms with Gasteiger partial charge in [0.25, 0.3) is 0 Å². The summed E-state index contributed by atoms with van der Waals surface area (Å²) in [5, 5.41) is 2.77. The van der Waals surface area contributed by atoms with E-state index in [0.29, 0.717) is 23.5 Å². The summed E-state index contributed by atoms with van der Waals surface area (Å²) in [4.78, 5) is 27.5. The minimum Gasteiger partial charge on any atom is -0.497 e. The highest BCUT2D eigenvalue weighted by Crippen LogP contribution is 2.14. The molecule has 0 fully saturated rings. The van der Waals surface area contributed by atoms with Crippen LogP contribution in [-0.2, 0) is 16.1 Å². The van der Waals surface area contributed by atoms with Gasteiger partial charge in [-0.3, -0.25) is 14.5 Å². The standard InChI is InChI=1S/C20H24FN3O3/c1-23(13-19(25)22-17-7-9-18(27-3)10-8-17)14-20(26)24(2)12-15-5-4-6-16(21)11-15/h4-11H,12-14H2,1-3H3,(H,22,25). The summed E-state index contributed by atoms with van der Waals surface area (Å²) in [5.74, 6) is -0.0000210. The van der Waals surface area contributed by atoms with Crippen LogP contribution < -0.4 is 10.1 Å². The van der Waals surface area contributed by atoms with Gasteiger partial charge in [0.1, 0.15) is 11.6 Å². The van der Waals surface area contributed by atoms with Gasteiger partial charge in [0.15, 0.2) is 0 Å². The molecule has 0 radical (unpaired) electrons. The summed E-state index contributed by atoms with van der Waals surface area (Å²) in [6.45, 7) is 0.468. The predicted octanol–water partition coefficient (Wildman–Crippen LogP) is 2.36. The predicted molar refractivity (Wildman–Crippen MR) is 102 cm³/mol. The number of likely N-dealkylation sites (N-methyl/N-ethyl adjacent to an activating group) is 2. The lowest BCUT2D eigenvalue weighted by Gasteiger charge is -2.21. The SMILES string of the molecule is COc1ccc(NC(=O)CN(C)CC(=O)N(C)Cc2cccc(F)c2)cc1. The van der Waals surface area contributed by atoms with Gasteiger partial charge in [-0.1, -0.05) is 12.1 Å². The quantitative estimate of drug-likeness (QED) is 0.772. The number of nitrogens with one attached hydrogen (secondary N) is 1. The first-order valence-electron chi connectivity index (χ1n) is 8.48. The van der Waals surface area contributed by atoms with Gasteiger partial charge >= 0.3 is 0 Å². The highest BCUT2D eigenvalue weighted by molar-refractivity contribution is 5.92. The first kappa shape index (κ1) is 20.4. The lowest BCUT2D eigenvalue weighted by atomic mass is 10.2. The van der Waals surface area contributed by atoms with E-state index < -0.39 is 0 Å². The van der Waals surface area contributed by atoms with E-state index in [9.17, 15) is 14.0 Å².